The van der Waals surface area contributed by atoms with Crippen molar-refractivity contribution in [3.63, 3.8) is 0 Å². The van der Waals surface area contributed by atoms with E-state index < -0.39 is 0 Å². The normalized spacial score (nSPS) is 18.4. The Hall–Kier alpha value is -2.21. The van der Waals surface area contributed by atoms with Crippen LogP contribution in [0.15, 0.2) is 28.7 Å². The third-order valence-electron chi connectivity index (χ3n) is 3.57. The summed E-state index contributed by atoms with van der Waals surface area (Å²) in [4.78, 5) is 12.3. The van der Waals surface area contributed by atoms with E-state index in [1.54, 1.807) is 6.92 Å². The maximum Gasteiger partial charge on any atom is 0.249 e. The smallest absolute Gasteiger partial charge is 0.249 e. The van der Waals surface area contributed by atoms with Crippen LogP contribution >= 0.6 is 0 Å². The van der Waals surface area contributed by atoms with Gasteiger partial charge in [0.2, 0.25) is 17.7 Å². The van der Waals surface area contributed by atoms with Gasteiger partial charge in [-0.3, -0.25) is 4.79 Å². The number of aryl methyl sites for hydroxylation is 1. The molecule has 1 atom stereocenters. The van der Waals surface area contributed by atoms with E-state index in [1.165, 1.54) is 0 Å². The topological polar surface area (TPSA) is 80.0 Å². The number of carbonyl (C=O) groups excluding carboxylic acids is 1. The van der Waals surface area contributed by atoms with Gasteiger partial charge in [0.25, 0.3) is 0 Å². The molecule has 1 fully saturated rings. The lowest BCUT2D eigenvalue weighted by Gasteiger charge is -2.22. The minimum absolute atomic E-state index is 0.0154. The molecule has 1 aromatic carbocycles. The molecule has 1 aromatic heterocycles. The summed E-state index contributed by atoms with van der Waals surface area (Å²) in [7, 11) is 0. The average Bonchev–Trinajstić information content (AvgIpc) is 2.95. The quantitative estimate of drug-likeness (QED) is 0.903. The van der Waals surface area contributed by atoms with Crippen LogP contribution in [0.1, 0.15) is 25.2 Å². The molecule has 0 spiro atoms. The lowest BCUT2D eigenvalue weighted by atomic mass is 10.0. The highest BCUT2D eigenvalue weighted by Crippen LogP contribution is 2.27. The van der Waals surface area contributed by atoms with Gasteiger partial charge in [0.15, 0.2) is 0 Å². The van der Waals surface area contributed by atoms with E-state index in [-0.39, 0.29) is 11.9 Å². The molecule has 2 heterocycles. The molecule has 6 heteroatoms. The van der Waals surface area contributed by atoms with Crippen molar-refractivity contribution >= 4 is 11.6 Å². The van der Waals surface area contributed by atoms with Gasteiger partial charge in [-0.2, -0.15) is 0 Å². The highest BCUT2D eigenvalue weighted by atomic mass is 16.4. The summed E-state index contributed by atoms with van der Waals surface area (Å²) in [6.45, 7) is 2.63. The lowest BCUT2D eigenvalue weighted by Crippen LogP contribution is -2.43. The highest BCUT2D eigenvalue weighted by molar-refractivity contribution is 5.97. The number of benzene rings is 1. The van der Waals surface area contributed by atoms with Gasteiger partial charge in [-0.05, 0) is 31.5 Å². The second kappa shape index (κ2) is 6.05. The number of nitrogens with zero attached hydrogens (tertiary/aromatic N) is 2. The molecule has 6 nitrogen and oxygen atoms in total. The lowest BCUT2D eigenvalue weighted by molar-refractivity contribution is -0.118. The standard InChI is InChI=1S/C15H18N4O2/c1-10-18-19-15(21-10)11-6-2-3-7-12(11)17-14(20)13-8-4-5-9-16-13/h2-3,6-7,13,16H,4-5,8-9H2,1H3,(H,17,20)/t13-/m1/s1. The fraction of sp³-hybridized carbons (Fsp3) is 0.400. The van der Waals surface area contributed by atoms with Crippen molar-refractivity contribution in [3.8, 4) is 11.5 Å². The van der Waals surface area contributed by atoms with Gasteiger partial charge in [-0.1, -0.05) is 18.6 Å². The largest absolute Gasteiger partial charge is 0.421 e. The predicted octanol–water partition coefficient (Wildman–Crippen LogP) is 2.13. The Balaban J connectivity index is 1.80. The molecule has 1 aliphatic heterocycles. The second-order valence-corrected chi connectivity index (χ2v) is 5.16. The first-order valence-electron chi connectivity index (χ1n) is 7.18. The zero-order valence-corrected chi connectivity index (χ0v) is 11.9. The van der Waals surface area contributed by atoms with Gasteiger partial charge in [0, 0.05) is 6.92 Å². The van der Waals surface area contributed by atoms with Crippen LogP contribution in [0.3, 0.4) is 0 Å². The molecule has 0 saturated carbocycles. The number of aromatic nitrogens is 2. The number of nitrogens with one attached hydrogen (secondary N) is 2. The van der Waals surface area contributed by atoms with E-state index in [4.69, 9.17) is 4.42 Å². The summed E-state index contributed by atoms with van der Waals surface area (Å²) >= 11 is 0. The summed E-state index contributed by atoms with van der Waals surface area (Å²) in [6, 6.07) is 7.32. The van der Waals surface area contributed by atoms with E-state index in [9.17, 15) is 4.79 Å². The Morgan fingerprint density at radius 2 is 2.19 bits per heavy atom. The van der Waals surface area contributed by atoms with Crippen LogP contribution in [0.25, 0.3) is 11.5 Å². The molecule has 0 radical (unpaired) electrons. The number of carbonyl (C=O) groups is 1. The Morgan fingerprint density at radius 3 is 2.90 bits per heavy atom. The molecule has 3 rings (SSSR count). The molecule has 21 heavy (non-hydrogen) atoms. The first-order valence-corrected chi connectivity index (χ1v) is 7.18. The van der Waals surface area contributed by atoms with Crippen molar-refractivity contribution in [1.82, 2.24) is 15.5 Å². The second-order valence-electron chi connectivity index (χ2n) is 5.16. The van der Waals surface area contributed by atoms with E-state index in [0.29, 0.717) is 17.5 Å². The third kappa shape index (κ3) is 3.11. The number of rotatable bonds is 3. The van der Waals surface area contributed by atoms with Crippen LogP contribution in [0, 0.1) is 6.92 Å². The van der Waals surface area contributed by atoms with E-state index in [1.807, 2.05) is 24.3 Å². The summed E-state index contributed by atoms with van der Waals surface area (Å²) in [6.07, 6.45) is 3.07. The van der Waals surface area contributed by atoms with Crippen molar-refractivity contribution in [2.75, 3.05) is 11.9 Å². The number of para-hydroxylation sites is 1. The Kier molecular flexibility index (Phi) is 3.96. The van der Waals surface area contributed by atoms with Crippen LogP contribution < -0.4 is 10.6 Å². The Morgan fingerprint density at radius 1 is 1.33 bits per heavy atom. The molecule has 0 bridgehead atoms. The first-order chi connectivity index (χ1) is 10.2. The third-order valence-corrected chi connectivity index (χ3v) is 3.57. The zero-order chi connectivity index (χ0) is 14.7. The van der Waals surface area contributed by atoms with Gasteiger partial charge in [-0.15, -0.1) is 10.2 Å². The van der Waals surface area contributed by atoms with Crippen LogP contribution in [-0.2, 0) is 4.79 Å². The van der Waals surface area contributed by atoms with E-state index in [2.05, 4.69) is 20.8 Å². The van der Waals surface area contributed by atoms with Crippen LogP contribution in [-0.4, -0.2) is 28.7 Å². The van der Waals surface area contributed by atoms with Gasteiger partial charge in [-0.25, -0.2) is 0 Å². The van der Waals surface area contributed by atoms with Crippen molar-refractivity contribution in [3.05, 3.63) is 30.2 Å². The van der Waals surface area contributed by atoms with Crippen LogP contribution in [0.5, 0.6) is 0 Å². The van der Waals surface area contributed by atoms with Crippen LogP contribution in [0.4, 0.5) is 5.69 Å². The molecule has 1 amide bonds. The van der Waals surface area contributed by atoms with Crippen molar-refractivity contribution < 1.29 is 9.21 Å². The number of piperidine rings is 1. The summed E-state index contributed by atoms with van der Waals surface area (Å²) < 4.78 is 5.45. The summed E-state index contributed by atoms with van der Waals surface area (Å²) in [5, 5.41) is 14.0. The SMILES string of the molecule is Cc1nnc(-c2ccccc2NC(=O)[C@H]2CCCCN2)o1. The molecule has 0 aliphatic carbocycles. The Labute approximate surface area is 123 Å². The highest BCUT2D eigenvalue weighted by Gasteiger charge is 2.22. The molecule has 110 valence electrons. The average molecular weight is 286 g/mol. The molecular weight excluding hydrogens is 268 g/mol. The fourth-order valence-corrected chi connectivity index (χ4v) is 2.48. The molecule has 2 aromatic rings. The van der Waals surface area contributed by atoms with E-state index >= 15 is 0 Å². The Bertz CT molecular complexity index is 632. The fourth-order valence-electron chi connectivity index (χ4n) is 2.48. The number of hydrogen-bond acceptors (Lipinski definition) is 5. The summed E-state index contributed by atoms with van der Waals surface area (Å²) in [5.74, 6) is 0.901. The van der Waals surface area contributed by atoms with Gasteiger partial charge < -0.3 is 15.1 Å². The monoisotopic (exact) mass is 286 g/mol. The molecule has 1 saturated heterocycles. The number of anilines is 1. The molecular formula is C15H18N4O2. The van der Waals surface area contributed by atoms with E-state index in [0.717, 1.165) is 31.4 Å². The van der Waals surface area contributed by atoms with Gasteiger partial charge in [0.1, 0.15) is 0 Å². The van der Waals surface area contributed by atoms with Gasteiger partial charge in [0.05, 0.1) is 17.3 Å². The number of amides is 1. The molecule has 1 aliphatic rings. The minimum Gasteiger partial charge on any atom is -0.421 e. The predicted molar refractivity (Wildman–Crippen MR) is 78.7 cm³/mol. The summed E-state index contributed by atoms with van der Waals surface area (Å²) in [5.41, 5.74) is 1.43. The van der Waals surface area contributed by atoms with Crippen molar-refractivity contribution in [2.24, 2.45) is 0 Å². The van der Waals surface area contributed by atoms with Crippen LogP contribution in [0.2, 0.25) is 0 Å². The van der Waals surface area contributed by atoms with Crippen molar-refractivity contribution in [2.45, 2.75) is 32.2 Å². The van der Waals surface area contributed by atoms with Crippen molar-refractivity contribution in [1.29, 1.82) is 0 Å². The maximum absolute atomic E-state index is 12.3. The first kappa shape index (κ1) is 13.8. The minimum atomic E-state index is -0.128. The van der Waals surface area contributed by atoms with Gasteiger partial charge >= 0.3 is 0 Å². The molecule has 0 unspecified atom stereocenters. The zero-order valence-electron chi connectivity index (χ0n) is 11.9. The number of hydrogen-bond donors (Lipinski definition) is 2. The maximum atomic E-state index is 12.3. The molecule has 2 N–H and O–H groups in total.